The van der Waals surface area contributed by atoms with Crippen LogP contribution in [-0.4, -0.2) is 18.0 Å². The van der Waals surface area contributed by atoms with Crippen LogP contribution in [0.2, 0.25) is 0 Å². The van der Waals surface area contributed by atoms with E-state index >= 15 is 0 Å². The molecule has 1 saturated heterocycles. The van der Waals surface area contributed by atoms with E-state index in [-0.39, 0.29) is 10.6 Å². The minimum atomic E-state index is -0.293. The van der Waals surface area contributed by atoms with Crippen molar-refractivity contribution >= 4 is 27.3 Å². The molecule has 0 amide bonds. The Hall–Kier alpha value is -1.10. The summed E-state index contributed by atoms with van der Waals surface area (Å²) in [5, 5.41) is 11.1. The second-order valence-electron chi connectivity index (χ2n) is 5.11. The van der Waals surface area contributed by atoms with Gasteiger partial charge in [0, 0.05) is 23.6 Å². The third-order valence-electron chi connectivity index (χ3n) is 3.79. The molecule has 0 atom stereocenters. The smallest absolute Gasteiger partial charge is 0.293 e. The van der Waals surface area contributed by atoms with Crippen LogP contribution in [0.15, 0.2) is 22.7 Å². The molecule has 1 aliphatic heterocycles. The summed E-state index contributed by atoms with van der Waals surface area (Å²) >= 11 is 3.30. The van der Waals surface area contributed by atoms with Crippen molar-refractivity contribution in [1.82, 2.24) is 0 Å². The van der Waals surface area contributed by atoms with Gasteiger partial charge in [-0.3, -0.25) is 10.1 Å². The van der Waals surface area contributed by atoms with E-state index in [1.165, 1.54) is 12.8 Å². The lowest BCUT2D eigenvalue weighted by molar-refractivity contribution is -0.384. The summed E-state index contributed by atoms with van der Waals surface area (Å²) in [4.78, 5) is 13.0. The molecule has 1 fully saturated rings. The number of nitro benzene ring substituents is 1. The molecule has 1 heterocycles. The predicted molar refractivity (Wildman–Crippen MR) is 80.6 cm³/mol. The fraction of sp³-hybridized carbons (Fsp3) is 0.571. The molecule has 1 aliphatic rings. The number of hydrogen-bond donors (Lipinski definition) is 0. The number of halogens is 1. The van der Waals surface area contributed by atoms with E-state index in [1.54, 1.807) is 6.07 Å². The number of piperidine rings is 1. The lowest BCUT2D eigenvalue weighted by Crippen LogP contribution is -2.34. The van der Waals surface area contributed by atoms with Crippen molar-refractivity contribution < 1.29 is 4.92 Å². The molecule has 0 unspecified atom stereocenters. The summed E-state index contributed by atoms with van der Waals surface area (Å²) in [6.45, 7) is 4.06. The number of rotatable bonds is 4. The minimum absolute atomic E-state index is 0.198. The highest BCUT2D eigenvalue weighted by atomic mass is 79.9. The first-order valence-corrected chi connectivity index (χ1v) is 7.60. The molecule has 5 heteroatoms. The molecule has 19 heavy (non-hydrogen) atoms. The molecule has 0 saturated carbocycles. The van der Waals surface area contributed by atoms with Gasteiger partial charge in [-0.05, 0) is 30.9 Å². The molecule has 104 valence electrons. The number of nitrogens with zero attached hydrogens (tertiary/aromatic N) is 2. The quantitative estimate of drug-likeness (QED) is 0.609. The molecule has 0 spiro atoms. The maximum Gasteiger partial charge on any atom is 0.293 e. The lowest BCUT2D eigenvalue weighted by atomic mass is 9.92. The molecular weight excluding hydrogens is 308 g/mol. The summed E-state index contributed by atoms with van der Waals surface area (Å²) in [7, 11) is 0. The van der Waals surface area contributed by atoms with Crippen LogP contribution in [0.5, 0.6) is 0 Å². The van der Waals surface area contributed by atoms with Gasteiger partial charge in [-0.1, -0.05) is 35.7 Å². The standard InChI is InChI=1S/C14H19BrN2O2/c1-2-3-11-6-8-16(9-7-11)13-5-4-12(15)10-14(13)17(18)19/h4-5,10-11H,2-3,6-9H2,1H3. The van der Waals surface area contributed by atoms with Gasteiger partial charge in [0.15, 0.2) is 0 Å². The van der Waals surface area contributed by atoms with Gasteiger partial charge in [0.25, 0.3) is 5.69 Å². The third-order valence-corrected chi connectivity index (χ3v) is 4.28. The second-order valence-corrected chi connectivity index (χ2v) is 6.02. The Kier molecular flexibility index (Phi) is 4.80. The van der Waals surface area contributed by atoms with E-state index in [9.17, 15) is 10.1 Å². The molecule has 0 radical (unpaired) electrons. The van der Waals surface area contributed by atoms with Gasteiger partial charge in [0.1, 0.15) is 5.69 Å². The summed E-state index contributed by atoms with van der Waals surface area (Å²) in [6, 6.07) is 5.32. The van der Waals surface area contributed by atoms with E-state index in [1.807, 2.05) is 12.1 Å². The monoisotopic (exact) mass is 326 g/mol. The average molecular weight is 327 g/mol. The first-order valence-electron chi connectivity index (χ1n) is 6.80. The van der Waals surface area contributed by atoms with Crippen molar-refractivity contribution in [3.63, 3.8) is 0 Å². The van der Waals surface area contributed by atoms with Crippen molar-refractivity contribution in [1.29, 1.82) is 0 Å². The Morgan fingerprint density at radius 1 is 1.42 bits per heavy atom. The van der Waals surface area contributed by atoms with Gasteiger partial charge in [0.2, 0.25) is 0 Å². The third kappa shape index (κ3) is 3.47. The van der Waals surface area contributed by atoms with E-state index in [4.69, 9.17) is 0 Å². The van der Waals surface area contributed by atoms with Gasteiger partial charge in [-0.25, -0.2) is 0 Å². The van der Waals surface area contributed by atoms with Crippen LogP contribution in [0, 0.1) is 16.0 Å². The fourth-order valence-electron chi connectivity index (χ4n) is 2.78. The summed E-state index contributed by atoms with van der Waals surface area (Å²) in [6.07, 6.45) is 4.78. The van der Waals surface area contributed by atoms with Gasteiger partial charge in [0.05, 0.1) is 4.92 Å². The van der Waals surface area contributed by atoms with Crippen molar-refractivity contribution in [2.24, 2.45) is 5.92 Å². The lowest BCUT2D eigenvalue weighted by Gasteiger charge is -2.33. The van der Waals surface area contributed by atoms with Crippen LogP contribution in [0.3, 0.4) is 0 Å². The normalized spacial score (nSPS) is 16.6. The highest BCUT2D eigenvalue weighted by molar-refractivity contribution is 9.10. The first-order chi connectivity index (χ1) is 9.11. The SMILES string of the molecule is CCCC1CCN(c2ccc(Br)cc2[N+](=O)[O-])CC1. The minimum Gasteiger partial charge on any atom is -0.366 e. The highest BCUT2D eigenvalue weighted by Crippen LogP contribution is 2.34. The molecular formula is C14H19BrN2O2. The van der Waals surface area contributed by atoms with E-state index in [0.29, 0.717) is 0 Å². The zero-order valence-electron chi connectivity index (χ0n) is 11.1. The zero-order valence-corrected chi connectivity index (χ0v) is 12.7. The average Bonchev–Trinajstić information content (AvgIpc) is 2.40. The van der Waals surface area contributed by atoms with Crippen LogP contribution in [0.1, 0.15) is 32.6 Å². The molecule has 1 aromatic carbocycles. The van der Waals surface area contributed by atoms with E-state index < -0.39 is 0 Å². The van der Waals surface area contributed by atoms with Crippen LogP contribution in [0.4, 0.5) is 11.4 Å². The molecule has 0 aliphatic carbocycles. The van der Waals surface area contributed by atoms with E-state index in [0.717, 1.165) is 42.0 Å². The largest absolute Gasteiger partial charge is 0.366 e. The summed E-state index contributed by atoms with van der Waals surface area (Å²) in [5.41, 5.74) is 0.950. The topological polar surface area (TPSA) is 46.4 Å². The van der Waals surface area contributed by atoms with Crippen molar-refractivity contribution in [2.75, 3.05) is 18.0 Å². The van der Waals surface area contributed by atoms with Crippen LogP contribution >= 0.6 is 15.9 Å². The van der Waals surface area contributed by atoms with Crippen LogP contribution in [-0.2, 0) is 0 Å². The maximum absolute atomic E-state index is 11.1. The highest BCUT2D eigenvalue weighted by Gasteiger charge is 2.24. The van der Waals surface area contributed by atoms with Gasteiger partial charge in [-0.2, -0.15) is 0 Å². The van der Waals surface area contributed by atoms with Crippen molar-refractivity contribution in [3.8, 4) is 0 Å². The molecule has 0 N–H and O–H groups in total. The predicted octanol–water partition coefficient (Wildman–Crippen LogP) is 4.37. The van der Waals surface area contributed by atoms with Crippen LogP contribution < -0.4 is 4.90 Å². The first kappa shape index (κ1) is 14.3. The van der Waals surface area contributed by atoms with Gasteiger partial charge in [-0.15, -0.1) is 0 Å². The van der Waals surface area contributed by atoms with Crippen molar-refractivity contribution in [3.05, 3.63) is 32.8 Å². The fourth-order valence-corrected chi connectivity index (χ4v) is 3.13. The molecule has 2 rings (SSSR count). The zero-order chi connectivity index (χ0) is 13.8. The Morgan fingerprint density at radius 3 is 2.68 bits per heavy atom. The number of benzene rings is 1. The van der Waals surface area contributed by atoms with Crippen molar-refractivity contribution in [2.45, 2.75) is 32.6 Å². The Balaban J connectivity index is 2.13. The molecule has 0 aromatic heterocycles. The summed E-state index contributed by atoms with van der Waals surface area (Å²) in [5.74, 6) is 0.788. The molecule has 0 bridgehead atoms. The Labute approximate surface area is 122 Å². The van der Waals surface area contributed by atoms with Crippen LogP contribution in [0.25, 0.3) is 0 Å². The Bertz CT molecular complexity index is 457. The van der Waals surface area contributed by atoms with Gasteiger partial charge < -0.3 is 4.90 Å². The molecule has 4 nitrogen and oxygen atoms in total. The number of anilines is 1. The van der Waals surface area contributed by atoms with E-state index in [2.05, 4.69) is 27.8 Å². The number of nitro groups is 1. The molecule has 1 aromatic rings. The summed E-state index contributed by atoms with van der Waals surface area (Å²) < 4.78 is 0.754. The maximum atomic E-state index is 11.1. The number of hydrogen-bond acceptors (Lipinski definition) is 3. The Morgan fingerprint density at radius 2 is 2.11 bits per heavy atom. The second kappa shape index (κ2) is 6.37. The van der Waals surface area contributed by atoms with Gasteiger partial charge >= 0.3 is 0 Å².